The lowest BCUT2D eigenvalue weighted by Crippen LogP contribution is -2.26. The third-order valence-corrected chi connectivity index (χ3v) is 7.08. The van der Waals surface area contributed by atoms with Crippen molar-refractivity contribution in [3.05, 3.63) is 114 Å². The van der Waals surface area contributed by atoms with Crippen LogP contribution in [0.5, 0.6) is 5.75 Å². The fourth-order valence-electron chi connectivity index (χ4n) is 3.46. The van der Waals surface area contributed by atoms with Gasteiger partial charge < -0.3 is 14.0 Å². The van der Waals surface area contributed by atoms with E-state index in [0.717, 1.165) is 9.87 Å². The highest BCUT2D eigenvalue weighted by Gasteiger charge is 2.23. The lowest BCUT2D eigenvalue weighted by atomic mass is 10.2. The van der Waals surface area contributed by atoms with Crippen molar-refractivity contribution in [3.8, 4) is 23.6 Å². The van der Waals surface area contributed by atoms with E-state index in [-0.39, 0.29) is 11.4 Å². The minimum absolute atomic E-state index is 0.0509. The molecule has 182 valence electrons. The van der Waals surface area contributed by atoms with Crippen molar-refractivity contribution in [2.45, 2.75) is 18.4 Å². The summed E-state index contributed by atoms with van der Waals surface area (Å²) in [6.07, 6.45) is 5.92. The van der Waals surface area contributed by atoms with Crippen LogP contribution in [-0.2, 0) is 21.3 Å². The monoisotopic (exact) mass is 500 g/mol. The molecule has 0 saturated heterocycles. The first kappa shape index (κ1) is 24.6. The second kappa shape index (κ2) is 10.8. The van der Waals surface area contributed by atoms with Crippen LogP contribution in [-0.4, -0.2) is 30.4 Å². The molecule has 0 spiro atoms. The van der Waals surface area contributed by atoms with E-state index >= 15 is 0 Å². The van der Waals surface area contributed by atoms with Crippen LogP contribution in [0, 0.1) is 19.1 Å². The smallest absolute Gasteiger partial charge is 0.354 e. The maximum absolute atomic E-state index is 13.4. The van der Waals surface area contributed by atoms with Gasteiger partial charge in [0.2, 0.25) is 0 Å². The van der Waals surface area contributed by atoms with Gasteiger partial charge in [0.1, 0.15) is 11.9 Å². The summed E-state index contributed by atoms with van der Waals surface area (Å²) in [5, 5.41) is 0. The number of rotatable bonds is 7. The zero-order valence-corrected chi connectivity index (χ0v) is 20.6. The van der Waals surface area contributed by atoms with Crippen molar-refractivity contribution in [3.63, 3.8) is 0 Å². The Morgan fingerprint density at radius 3 is 2.25 bits per heavy atom. The number of aromatic nitrogens is 1. The minimum Gasteiger partial charge on any atom is -0.497 e. The summed E-state index contributed by atoms with van der Waals surface area (Å²) < 4.78 is 39.9. The lowest BCUT2D eigenvalue weighted by Gasteiger charge is -2.18. The molecule has 7 nitrogen and oxygen atoms in total. The average molecular weight is 501 g/mol. The van der Waals surface area contributed by atoms with Gasteiger partial charge in [0.25, 0.3) is 10.0 Å². The van der Waals surface area contributed by atoms with Gasteiger partial charge in [0.05, 0.1) is 35.8 Å². The zero-order valence-electron chi connectivity index (χ0n) is 19.8. The SMILES string of the molecule is COc1ccc(CN(C#COC(=O)c2ccccc2-n2cccc2)S(=O)(=O)c2ccc(C)cc2)cc1. The number of aryl methyl sites for hydroxylation is 1. The largest absolute Gasteiger partial charge is 0.497 e. The van der Waals surface area contributed by atoms with Crippen molar-refractivity contribution in [2.24, 2.45) is 0 Å². The Morgan fingerprint density at radius 2 is 1.58 bits per heavy atom. The fraction of sp³-hybridized carbons (Fsp3) is 0.107. The van der Waals surface area contributed by atoms with Crippen LogP contribution in [0.25, 0.3) is 5.69 Å². The Morgan fingerprint density at radius 1 is 0.917 bits per heavy atom. The Kier molecular flexibility index (Phi) is 7.42. The van der Waals surface area contributed by atoms with E-state index in [1.54, 1.807) is 66.3 Å². The highest BCUT2D eigenvalue weighted by molar-refractivity contribution is 7.89. The summed E-state index contributed by atoms with van der Waals surface area (Å²) in [7, 11) is -2.45. The van der Waals surface area contributed by atoms with Crippen LogP contribution in [0.1, 0.15) is 21.5 Å². The van der Waals surface area contributed by atoms with Gasteiger partial charge in [-0.2, -0.15) is 0 Å². The standard InChI is InChI=1S/C28H24N2O5S/c1-22-9-15-25(16-10-22)36(32,33)30(21-23-11-13-24(34-2)14-12-23)19-20-35-28(31)26-7-3-4-8-27(26)29-17-5-6-18-29/h3-18H,21H2,1-2H3. The second-order valence-corrected chi connectivity index (χ2v) is 9.75. The third kappa shape index (κ3) is 5.59. The predicted octanol–water partition coefficient (Wildman–Crippen LogP) is 4.76. The number of ether oxygens (including phenoxy) is 2. The van der Waals surface area contributed by atoms with Crippen LogP contribution in [0.4, 0.5) is 0 Å². The summed E-state index contributed by atoms with van der Waals surface area (Å²) in [5.74, 6) is -0.0444. The summed E-state index contributed by atoms with van der Waals surface area (Å²) in [4.78, 5) is 12.9. The van der Waals surface area contributed by atoms with E-state index < -0.39 is 16.0 Å². The number of esters is 1. The van der Waals surface area contributed by atoms with Crippen molar-refractivity contribution in [1.82, 2.24) is 8.87 Å². The molecule has 3 aromatic carbocycles. The van der Waals surface area contributed by atoms with E-state index in [9.17, 15) is 13.2 Å². The molecule has 0 amide bonds. The summed E-state index contributed by atoms with van der Waals surface area (Å²) in [5.41, 5.74) is 2.53. The quantitative estimate of drug-likeness (QED) is 0.208. The first-order valence-electron chi connectivity index (χ1n) is 11.0. The molecule has 1 heterocycles. The molecule has 0 atom stereocenters. The highest BCUT2D eigenvalue weighted by atomic mass is 32.2. The molecule has 0 N–H and O–H groups in total. The minimum atomic E-state index is -4.00. The van der Waals surface area contributed by atoms with Gasteiger partial charge in [-0.25, -0.2) is 17.5 Å². The summed E-state index contributed by atoms with van der Waals surface area (Å²) >= 11 is 0. The molecule has 0 unspecified atom stereocenters. The maximum Gasteiger partial charge on any atom is 0.354 e. The number of hydrogen-bond donors (Lipinski definition) is 0. The molecule has 0 aliphatic heterocycles. The first-order valence-corrected chi connectivity index (χ1v) is 12.5. The maximum atomic E-state index is 13.4. The van der Waals surface area contributed by atoms with E-state index in [2.05, 4.69) is 12.2 Å². The Bertz CT molecular complexity index is 1500. The molecule has 0 bridgehead atoms. The number of benzene rings is 3. The van der Waals surface area contributed by atoms with Gasteiger partial charge in [0.15, 0.2) is 0 Å². The highest BCUT2D eigenvalue weighted by Crippen LogP contribution is 2.20. The summed E-state index contributed by atoms with van der Waals surface area (Å²) in [6, 6.07) is 26.6. The van der Waals surface area contributed by atoms with E-state index in [1.165, 1.54) is 12.1 Å². The van der Waals surface area contributed by atoms with Gasteiger partial charge in [-0.15, -0.1) is 0 Å². The van der Waals surface area contributed by atoms with Crippen LogP contribution < -0.4 is 4.74 Å². The van der Waals surface area contributed by atoms with Gasteiger partial charge in [0, 0.05) is 12.4 Å². The lowest BCUT2D eigenvalue weighted by molar-refractivity contribution is 0.0689. The number of carbonyl (C=O) groups is 1. The van der Waals surface area contributed by atoms with Gasteiger partial charge in [-0.05, 0) is 61.0 Å². The molecule has 0 fully saturated rings. The average Bonchev–Trinajstić information content (AvgIpc) is 3.43. The molecule has 36 heavy (non-hydrogen) atoms. The van der Waals surface area contributed by atoms with Gasteiger partial charge >= 0.3 is 5.97 Å². The number of para-hydroxylation sites is 1. The van der Waals surface area contributed by atoms with E-state index in [1.807, 2.05) is 37.5 Å². The Balaban J connectivity index is 1.62. The molecule has 0 aliphatic rings. The molecule has 8 heteroatoms. The van der Waals surface area contributed by atoms with Crippen molar-refractivity contribution >= 4 is 16.0 Å². The number of sulfonamides is 1. The molecule has 0 radical (unpaired) electrons. The first-order chi connectivity index (χ1) is 17.4. The Labute approximate surface area is 210 Å². The van der Waals surface area contributed by atoms with E-state index in [0.29, 0.717) is 22.6 Å². The molecule has 0 aliphatic carbocycles. The number of methoxy groups -OCH3 is 1. The van der Waals surface area contributed by atoms with Gasteiger partial charge in [-0.1, -0.05) is 42.0 Å². The molecular formula is C28H24N2O5S. The molecule has 0 saturated carbocycles. The Hall–Kier alpha value is -4.48. The molecule has 1 aromatic heterocycles. The van der Waals surface area contributed by atoms with Crippen molar-refractivity contribution < 1.29 is 22.7 Å². The van der Waals surface area contributed by atoms with E-state index in [4.69, 9.17) is 9.47 Å². The normalized spacial score (nSPS) is 10.7. The number of carbonyl (C=O) groups excluding carboxylic acids is 1. The van der Waals surface area contributed by atoms with Crippen molar-refractivity contribution in [2.75, 3.05) is 7.11 Å². The van der Waals surface area contributed by atoms with Gasteiger partial charge in [-0.3, -0.25) is 0 Å². The van der Waals surface area contributed by atoms with Crippen molar-refractivity contribution in [1.29, 1.82) is 0 Å². The fourth-order valence-corrected chi connectivity index (χ4v) is 4.67. The zero-order chi connectivity index (χ0) is 25.5. The van der Waals surface area contributed by atoms with Crippen LogP contribution >= 0.6 is 0 Å². The molecular weight excluding hydrogens is 476 g/mol. The van der Waals surface area contributed by atoms with Crippen LogP contribution in [0.3, 0.4) is 0 Å². The third-order valence-electron chi connectivity index (χ3n) is 5.41. The van der Waals surface area contributed by atoms with Crippen LogP contribution in [0.2, 0.25) is 0 Å². The second-order valence-electron chi connectivity index (χ2n) is 7.88. The predicted molar refractivity (Wildman–Crippen MR) is 136 cm³/mol. The van der Waals surface area contributed by atoms with Crippen LogP contribution in [0.15, 0.2) is 102 Å². The molecule has 4 aromatic rings. The number of nitrogens with zero attached hydrogens (tertiary/aromatic N) is 2. The topological polar surface area (TPSA) is 77.8 Å². The summed E-state index contributed by atoms with van der Waals surface area (Å²) in [6.45, 7) is 1.82. The molecule has 4 rings (SSSR count). The number of hydrogen-bond acceptors (Lipinski definition) is 5.